The van der Waals surface area contributed by atoms with Crippen LogP contribution in [0.4, 0.5) is 4.39 Å². The van der Waals surface area contributed by atoms with Gasteiger partial charge in [-0.3, -0.25) is 9.69 Å². The van der Waals surface area contributed by atoms with Crippen molar-refractivity contribution < 1.29 is 13.9 Å². The summed E-state index contributed by atoms with van der Waals surface area (Å²) in [6.45, 7) is 0.374. The number of carbonyl (C=O) groups excluding carboxylic acids is 1. The van der Waals surface area contributed by atoms with Gasteiger partial charge in [0.2, 0.25) is 0 Å². The molecule has 0 bridgehead atoms. The fourth-order valence-electron chi connectivity index (χ4n) is 3.13. The number of ether oxygens (including phenoxy) is 1. The molecule has 3 nitrogen and oxygen atoms in total. The minimum Gasteiger partial charge on any atom is -0.488 e. The van der Waals surface area contributed by atoms with Gasteiger partial charge in [0.1, 0.15) is 22.5 Å². The third-order valence-corrected chi connectivity index (χ3v) is 6.97. The number of hydrogen-bond donors (Lipinski definition) is 0. The Labute approximate surface area is 208 Å². The molecule has 0 atom stereocenters. The summed E-state index contributed by atoms with van der Waals surface area (Å²) < 4.78 is 21.3. The quantitative estimate of drug-likeness (QED) is 0.240. The molecule has 0 saturated carbocycles. The first-order chi connectivity index (χ1) is 15.4. The van der Waals surface area contributed by atoms with E-state index in [4.69, 9.17) is 28.6 Å². The molecule has 0 unspecified atom stereocenters. The molecule has 8 heteroatoms. The van der Waals surface area contributed by atoms with E-state index < -0.39 is 5.82 Å². The Hall–Kier alpha value is -2.19. The largest absolute Gasteiger partial charge is 0.488 e. The Morgan fingerprint density at radius 2 is 1.91 bits per heavy atom. The van der Waals surface area contributed by atoms with E-state index in [-0.39, 0.29) is 18.1 Å². The number of carbonyl (C=O) groups is 1. The SMILES string of the molecule is O=C1/C(=C\c2cc(Br)ccc2OCc2c(F)cccc2Cl)SC(=S)N1Cc1ccccc1. The summed E-state index contributed by atoms with van der Waals surface area (Å²) in [5.74, 6) is -0.0919. The van der Waals surface area contributed by atoms with E-state index in [1.54, 1.807) is 29.2 Å². The molecule has 4 rings (SSSR count). The highest BCUT2D eigenvalue weighted by Crippen LogP contribution is 2.36. The van der Waals surface area contributed by atoms with Gasteiger partial charge in [-0.05, 0) is 42.0 Å². The molecule has 1 aliphatic heterocycles. The third kappa shape index (κ3) is 5.23. The van der Waals surface area contributed by atoms with Crippen molar-refractivity contribution in [3.63, 3.8) is 0 Å². The first kappa shape index (κ1) is 23.0. The van der Waals surface area contributed by atoms with Crippen LogP contribution in [0.15, 0.2) is 76.1 Å². The fraction of sp³-hybridized carbons (Fsp3) is 0.0833. The molecule has 0 N–H and O–H groups in total. The molecule has 3 aromatic rings. The lowest BCUT2D eigenvalue weighted by Gasteiger charge is -2.14. The lowest BCUT2D eigenvalue weighted by atomic mass is 10.1. The monoisotopic (exact) mass is 547 g/mol. The van der Waals surface area contributed by atoms with Crippen LogP contribution >= 0.6 is 51.5 Å². The summed E-state index contributed by atoms with van der Waals surface area (Å²) in [5.41, 5.74) is 1.95. The van der Waals surface area contributed by atoms with Gasteiger partial charge in [0.05, 0.1) is 16.5 Å². The van der Waals surface area contributed by atoms with E-state index in [1.807, 2.05) is 42.5 Å². The van der Waals surface area contributed by atoms with Crippen LogP contribution in [0.1, 0.15) is 16.7 Å². The van der Waals surface area contributed by atoms with Crippen molar-refractivity contribution in [2.45, 2.75) is 13.2 Å². The third-order valence-electron chi connectivity index (χ3n) is 4.75. The number of halogens is 3. The second-order valence-electron chi connectivity index (χ2n) is 6.92. The lowest BCUT2D eigenvalue weighted by molar-refractivity contribution is -0.122. The predicted octanol–water partition coefficient (Wildman–Crippen LogP) is 7.22. The second-order valence-corrected chi connectivity index (χ2v) is 9.92. The van der Waals surface area contributed by atoms with Crippen LogP contribution in [-0.4, -0.2) is 15.1 Å². The van der Waals surface area contributed by atoms with E-state index >= 15 is 0 Å². The molecule has 1 aliphatic rings. The number of benzene rings is 3. The molecule has 1 fully saturated rings. The molecule has 32 heavy (non-hydrogen) atoms. The van der Waals surface area contributed by atoms with Crippen molar-refractivity contribution in [3.05, 3.63) is 104 Å². The van der Waals surface area contributed by atoms with Gasteiger partial charge in [-0.1, -0.05) is 87.9 Å². The Bertz CT molecular complexity index is 1200. The predicted molar refractivity (Wildman–Crippen MR) is 135 cm³/mol. The van der Waals surface area contributed by atoms with Gasteiger partial charge >= 0.3 is 0 Å². The highest BCUT2D eigenvalue weighted by Gasteiger charge is 2.32. The standard InChI is InChI=1S/C24H16BrClFNO2S2/c25-17-9-10-21(30-14-18-19(26)7-4-8-20(18)27)16(11-17)12-22-23(29)28(24(31)32-22)13-15-5-2-1-3-6-15/h1-12H,13-14H2/b22-12+. The molecule has 0 spiro atoms. The molecule has 1 saturated heterocycles. The van der Waals surface area contributed by atoms with Gasteiger partial charge in [0.25, 0.3) is 5.91 Å². The maximum Gasteiger partial charge on any atom is 0.266 e. The first-order valence-corrected chi connectivity index (χ1v) is 12.0. The Morgan fingerprint density at radius 3 is 2.66 bits per heavy atom. The zero-order valence-corrected chi connectivity index (χ0v) is 20.5. The summed E-state index contributed by atoms with van der Waals surface area (Å²) in [6, 6.07) is 19.6. The topological polar surface area (TPSA) is 29.5 Å². The fourth-order valence-corrected chi connectivity index (χ4v) is 4.97. The Kier molecular flexibility index (Phi) is 7.30. The average Bonchev–Trinajstić information content (AvgIpc) is 3.03. The summed E-state index contributed by atoms with van der Waals surface area (Å²) >= 11 is 16.3. The smallest absolute Gasteiger partial charge is 0.266 e. The number of amides is 1. The average molecular weight is 549 g/mol. The summed E-state index contributed by atoms with van der Waals surface area (Å²) in [4.78, 5) is 15.1. The minimum atomic E-state index is -0.432. The minimum absolute atomic E-state index is 0.0387. The maximum absolute atomic E-state index is 14.1. The van der Waals surface area contributed by atoms with Crippen molar-refractivity contribution in [2.24, 2.45) is 0 Å². The summed E-state index contributed by atoms with van der Waals surface area (Å²) in [7, 11) is 0. The van der Waals surface area contributed by atoms with Gasteiger partial charge < -0.3 is 4.74 Å². The molecule has 3 aromatic carbocycles. The normalized spacial score (nSPS) is 15.0. The zero-order valence-electron chi connectivity index (χ0n) is 16.6. The molecule has 0 radical (unpaired) electrons. The lowest BCUT2D eigenvalue weighted by Crippen LogP contribution is -2.27. The first-order valence-electron chi connectivity index (χ1n) is 9.57. The van der Waals surface area contributed by atoms with E-state index in [2.05, 4.69) is 15.9 Å². The molecule has 1 heterocycles. The van der Waals surface area contributed by atoms with Crippen molar-refractivity contribution in [2.75, 3.05) is 0 Å². The van der Waals surface area contributed by atoms with E-state index in [9.17, 15) is 9.18 Å². The number of hydrogen-bond acceptors (Lipinski definition) is 4. The number of thiocarbonyl (C=S) groups is 1. The van der Waals surface area contributed by atoms with Crippen molar-refractivity contribution in [1.29, 1.82) is 0 Å². The number of rotatable bonds is 6. The highest BCUT2D eigenvalue weighted by atomic mass is 79.9. The summed E-state index contributed by atoms with van der Waals surface area (Å²) in [5, 5.41) is 0.297. The number of nitrogens with zero attached hydrogens (tertiary/aromatic N) is 1. The van der Waals surface area contributed by atoms with Crippen LogP contribution in [-0.2, 0) is 17.9 Å². The van der Waals surface area contributed by atoms with Crippen LogP contribution in [0.25, 0.3) is 6.08 Å². The Balaban J connectivity index is 1.58. The van der Waals surface area contributed by atoms with Crippen LogP contribution in [0.2, 0.25) is 5.02 Å². The molecule has 0 aliphatic carbocycles. The van der Waals surface area contributed by atoms with Crippen molar-refractivity contribution in [1.82, 2.24) is 4.90 Å². The molecular weight excluding hydrogens is 533 g/mol. The molecule has 1 amide bonds. The van der Waals surface area contributed by atoms with Crippen molar-refractivity contribution in [3.8, 4) is 5.75 Å². The van der Waals surface area contributed by atoms with E-state index in [0.29, 0.717) is 32.1 Å². The van der Waals surface area contributed by atoms with Crippen LogP contribution in [0.3, 0.4) is 0 Å². The van der Waals surface area contributed by atoms with Crippen LogP contribution in [0, 0.1) is 5.82 Å². The van der Waals surface area contributed by atoms with Gasteiger partial charge in [-0.2, -0.15) is 0 Å². The van der Waals surface area contributed by atoms with E-state index in [1.165, 1.54) is 17.8 Å². The Morgan fingerprint density at radius 1 is 1.12 bits per heavy atom. The molecular formula is C24H16BrClFNO2S2. The number of thioether (sulfide) groups is 1. The van der Waals surface area contributed by atoms with Gasteiger partial charge in [-0.25, -0.2) is 4.39 Å². The van der Waals surface area contributed by atoms with Gasteiger partial charge in [-0.15, -0.1) is 0 Å². The van der Waals surface area contributed by atoms with Gasteiger partial charge in [0, 0.05) is 15.6 Å². The van der Waals surface area contributed by atoms with Crippen LogP contribution < -0.4 is 4.74 Å². The van der Waals surface area contributed by atoms with Crippen LogP contribution in [0.5, 0.6) is 5.75 Å². The molecule has 0 aromatic heterocycles. The summed E-state index contributed by atoms with van der Waals surface area (Å²) in [6.07, 6.45) is 1.74. The van der Waals surface area contributed by atoms with Gasteiger partial charge in [0.15, 0.2) is 0 Å². The highest BCUT2D eigenvalue weighted by molar-refractivity contribution is 9.10. The second kappa shape index (κ2) is 10.2. The molecule has 162 valence electrons. The maximum atomic E-state index is 14.1. The zero-order chi connectivity index (χ0) is 22.7. The van der Waals surface area contributed by atoms with Crippen molar-refractivity contribution >= 4 is 67.8 Å². The van der Waals surface area contributed by atoms with E-state index in [0.717, 1.165) is 10.0 Å².